The molecule has 0 bridgehead atoms. The van der Waals surface area contributed by atoms with Gasteiger partial charge in [-0.25, -0.2) is 0 Å². The van der Waals surface area contributed by atoms with Crippen molar-refractivity contribution >= 4 is 22.6 Å². The van der Waals surface area contributed by atoms with Crippen LogP contribution in [0.15, 0.2) is 54.6 Å². The SMILES string of the molecule is COc1cc(C(=O)NNC(=O)c2ccc3ccccc3c2)cc(OC)c1OC. The molecule has 0 aromatic heterocycles. The number of amides is 2. The average Bonchev–Trinajstić information content (AvgIpc) is 2.75. The van der Waals surface area contributed by atoms with E-state index in [4.69, 9.17) is 14.2 Å². The van der Waals surface area contributed by atoms with E-state index in [9.17, 15) is 9.59 Å². The second-order valence-electron chi connectivity index (χ2n) is 5.88. The standard InChI is InChI=1S/C21H20N2O5/c1-26-17-11-16(12-18(27-2)19(17)28-3)21(25)23-22-20(24)15-9-8-13-6-4-5-7-14(13)10-15/h4-12H,1-3H3,(H,22,24)(H,23,25). The third kappa shape index (κ3) is 3.83. The molecular weight excluding hydrogens is 360 g/mol. The Bertz CT molecular complexity index is 1010. The molecule has 0 saturated carbocycles. The van der Waals surface area contributed by atoms with E-state index in [-0.39, 0.29) is 5.56 Å². The summed E-state index contributed by atoms with van der Waals surface area (Å²) in [5, 5.41) is 1.96. The molecule has 0 spiro atoms. The van der Waals surface area contributed by atoms with Crippen LogP contribution in [0.1, 0.15) is 20.7 Å². The van der Waals surface area contributed by atoms with Gasteiger partial charge in [-0.1, -0.05) is 30.3 Å². The van der Waals surface area contributed by atoms with E-state index in [2.05, 4.69) is 10.9 Å². The van der Waals surface area contributed by atoms with Crippen molar-refractivity contribution in [3.63, 3.8) is 0 Å². The highest BCUT2D eigenvalue weighted by atomic mass is 16.5. The first-order chi connectivity index (χ1) is 13.6. The summed E-state index contributed by atoms with van der Waals surface area (Å²) < 4.78 is 15.7. The molecule has 28 heavy (non-hydrogen) atoms. The Labute approximate surface area is 162 Å². The molecule has 0 aliphatic rings. The lowest BCUT2D eigenvalue weighted by Crippen LogP contribution is -2.41. The zero-order chi connectivity index (χ0) is 20.1. The molecule has 0 aliphatic carbocycles. The first-order valence-corrected chi connectivity index (χ1v) is 8.47. The predicted molar refractivity (Wildman–Crippen MR) is 105 cm³/mol. The van der Waals surface area contributed by atoms with Crippen molar-refractivity contribution in [3.05, 3.63) is 65.7 Å². The molecule has 0 fully saturated rings. The van der Waals surface area contributed by atoms with Gasteiger partial charge in [0.15, 0.2) is 11.5 Å². The number of hydrazine groups is 1. The zero-order valence-electron chi connectivity index (χ0n) is 15.7. The maximum atomic E-state index is 12.5. The zero-order valence-corrected chi connectivity index (χ0v) is 15.7. The molecule has 0 unspecified atom stereocenters. The van der Waals surface area contributed by atoms with Crippen LogP contribution < -0.4 is 25.1 Å². The highest BCUT2D eigenvalue weighted by molar-refractivity contribution is 6.01. The summed E-state index contributed by atoms with van der Waals surface area (Å²) in [5.41, 5.74) is 5.49. The van der Waals surface area contributed by atoms with Gasteiger partial charge >= 0.3 is 0 Å². The van der Waals surface area contributed by atoms with Gasteiger partial charge in [0, 0.05) is 11.1 Å². The number of carbonyl (C=O) groups excluding carboxylic acids is 2. The van der Waals surface area contributed by atoms with E-state index in [1.165, 1.54) is 33.5 Å². The second-order valence-corrected chi connectivity index (χ2v) is 5.88. The Morgan fingerprint density at radius 2 is 1.25 bits per heavy atom. The fourth-order valence-corrected chi connectivity index (χ4v) is 2.80. The fourth-order valence-electron chi connectivity index (χ4n) is 2.80. The van der Waals surface area contributed by atoms with Gasteiger partial charge in [-0.3, -0.25) is 20.4 Å². The lowest BCUT2D eigenvalue weighted by molar-refractivity contribution is 0.0846. The van der Waals surface area contributed by atoms with Crippen LogP contribution in [0.4, 0.5) is 0 Å². The summed E-state index contributed by atoms with van der Waals surface area (Å²) in [6, 6.07) is 16.0. The number of ether oxygens (including phenoxy) is 3. The summed E-state index contributed by atoms with van der Waals surface area (Å²) in [7, 11) is 4.39. The minimum atomic E-state index is -0.520. The predicted octanol–water partition coefficient (Wildman–Crippen LogP) is 2.94. The minimum absolute atomic E-state index is 0.244. The molecule has 2 N–H and O–H groups in total. The molecular formula is C21H20N2O5. The van der Waals surface area contributed by atoms with Crippen LogP contribution in [0.2, 0.25) is 0 Å². The van der Waals surface area contributed by atoms with Crippen molar-refractivity contribution in [1.82, 2.24) is 10.9 Å². The van der Waals surface area contributed by atoms with E-state index >= 15 is 0 Å². The molecule has 3 rings (SSSR count). The Balaban J connectivity index is 1.74. The summed E-state index contributed by atoms with van der Waals surface area (Å²) in [5.74, 6) is 0.113. The molecule has 0 aliphatic heterocycles. The highest BCUT2D eigenvalue weighted by Gasteiger charge is 2.17. The smallest absolute Gasteiger partial charge is 0.269 e. The molecule has 2 amide bonds. The van der Waals surface area contributed by atoms with Crippen molar-refractivity contribution in [2.75, 3.05) is 21.3 Å². The largest absolute Gasteiger partial charge is 0.493 e. The third-order valence-electron chi connectivity index (χ3n) is 4.23. The number of hydrogen-bond donors (Lipinski definition) is 2. The van der Waals surface area contributed by atoms with Crippen molar-refractivity contribution < 1.29 is 23.8 Å². The summed E-state index contributed by atoms with van der Waals surface area (Å²) in [6.07, 6.45) is 0. The van der Waals surface area contributed by atoms with Gasteiger partial charge in [0.2, 0.25) is 5.75 Å². The van der Waals surface area contributed by atoms with Crippen molar-refractivity contribution in [2.45, 2.75) is 0 Å². The Morgan fingerprint density at radius 1 is 0.679 bits per heavy atom. The van der Waals surface area contributed by atoms with Crippen molar-refractivity contribution in [3.8, 4) is 17.2 Å². The van der Waals surface area contributed by atoms with Gasteiger partial charge in [0.05, 0.1) is 21.3 Å². The molecule has 144 valence electrons. The van der Waals surface area contributed by atoms with E-state index in [0.717, 1.165) is 10.8 Å². The third-order valence-corrected chi connectivity index (χ3v) is 4.23. The van der Waals surface area contributed by atoms with Crippen LogP contribution in [0.3, 0.4) is 0 Å². The van der Waals surface area contributed by atoms with Crippen LogP contribution in [0.25, 0.3) is 10.8 Å². The van der Waals surface area contributed by atoms with Gasteiger partial charge in [-0.05, 0) is 35.0 Å². The first-order valence-electron chi connectivity index (χ1n) is 8.47. The number of fused-ring (bicyclic) bond motifs is 1. The van der Waals surface area contributed by atoms with E-state index in [1.807, 2.05) is 30.3 Å². The number of methoxy groups -OCH3 is 3. The van der Waals surface area contributed by atoms with Gasteiger partial charge in [-0.2, -0.15) is 0 Å². The molecule has 7 nitrogen and oxygen atoms in total. The monoisotopic (exact) mass is 380 g/mol. The second kappa shape index (κ2) is 8.30. The number of nitrogens with one attached hydrogen (secondary N) is 2. The van der Waals surface area contributed by atoms with Crippen LogP contribution in [-0.4, -0.2) is 33.1 Å². The van der Waals surface area contributed by atoms with E-state index in [1.54, 1.807) is 12.1 Å². The quantitative estimate of drug-likeness (QED) is 0.665. The maximum Gasteiger partial charge on any atom is 0.269 e. The van der Waals surface area contributed by atoms with Gasteiger partial charge < -0.3 is 14.2 Å². The first kappa shape index (κ1) is 19.0. The van der Waals surface area contributed by atoms with E-state index < -0.39 is 11.8 Å². The topological polar surface area (TPSA) is 85.9 Å². The Morgan fingerprint density at radius 3 is 1.82 bits per heavy atom. The lowest BCUT2D eigenvalue weighted by atomic mass is 10.1. The van der Waals surface area contributed by atoms with Crippen LogP contribution in [0, 0.1) is 0 Å². The minimum Gasteiger partial charge on any atom is -0.493 e. The van der Waals surface area contributed by atoms with Crippen molar-refractivity contribution in [1.29, 1.82) is 0 Å². The summed E-state index contributed by atoms with van der Waals surface area (Å²) in [6.45, 7) is 0. The van der Waals surface area contributed by atoms with Gasteiger partial charge in [0.1, 0.15) is 0 Å². The van der Waals surface area contributed by atoms with Crippen LogP contribution in [0.5, 0.6) is 17.2 Å². The maximum absolute atomic E-state index is 12.5. The molecule has 3 aromatic carbocycles. The number of rotatable bonds is 5. The normalized spacial score (nSPS) is 10.2. The molecule has 0 heterocycles. The number of benzene rings is 3. The van der Waals surface area contributed by atoms with E-state index in [0.29, 0.717) is 22.8 Å². The molecule has 0 radical (unpaired) electrons. The Kier molecular flexibility index (Phi) is 5.64. The average molecular weight is 380 g/mol. The molecule has 0 atom stereocenters. The molecule has 7 heteroatoms. The van der Waals surface area contributed by atoms with Crippen LogP contribution in [-0.2, 0) is 0 Å². The molecule has 0 saturated heterocycles. The summed E-state index contributed by atoms with van der Waals surface area (Å²) >= 11 is 0. The van der Waals surface area contributed by atoms with Gasteiger partial charge in [-0.15, -0.1) is 0 Å². The summed E-state index contributed by atoms with van der Waals surface area (Å²) in [4.78, 5) is 24.8. The number of hydrogen-bond acceptors (Lipinski definition) is 5. The number of carbonyl (C=O) groups is 2. The van der Waals surface area contributed by atoms with Crippen LogP contribution >= 0.6 is 0 Å². The Hall–Kier alpha value is -3.74. The molecule has 3 aromatic rings. The van der Waals surface area contributed by atoms with Crippen molar-refractivity contribution in [2.24, 2.45) is 0 Å². The van der Waals surface area contributed by atoms with Gasteiger partial charge in [0.25, 0.3) is 11.8 Å². The fraction of sp³-hybridized carbons (Fsp3) is 0.143. The lowest BCUT2D eigenvalue weighted by Gasteiger charge is -2.14. The highest BCUT2D eigenvalue weighted by Crippen LogP contribution is 2.38.